The van der Waals surface area contributed by atoms with Gasteiger partial charge < -0.3 is 9.47 Å². The third-order valence-corrected chi connectivity index (χ3v) is 7.58. The lowest BCUT2D eigenvalue weighted by atomic mass is 9.97. The highest BCUT2D eigenvalue weighted by Crippen LogP contribution is 2.24. The highest BCUT2D eigenvalue weighted by Gasteiger charge is 2.24. The summed E-state index contributed by atoms with van der Waals surface area (Å²) in [5.41, 5.74) is 0. The van der Waals surface area contributed by atoms with Gasteiger partial charge in [0.15, 0.2) is 0 Å². The van der Waals surface area contributed by atoms with Crippen LogP contribution in [0.15, 0.2) is 29.2 Å². The van der Waals surface area contributed by atoms with Crippen molar-refractivity contribution in [3.63, 3.8) is 0 Å². The Labute approximate surface area is 169 Å². The van der Waals surface area contributed by atoms with Crippen molar-refractivity contribution in [2.75, 3.05) is 40.3 Å². The molecule has 0 bridgehead atoms. The molecule has 0 spiro atoms. The van der Waals surface area contributed by atoms with Gasteiger partial charge in [-0.05, 0) is 49.9 Å². The number of rotatable bonds is 8. The van der Waals surface area contributed by atoms with Crippen molar-refractivity contribution in [2.24, 2.45) is 0 Å². The van der Waals surface area contributed by atoms with E-state index < -0.39 is 10.0 Å². The van der Waals surface area contributed by atoms with Gasteiger partial charge in [-0.2, -0.15) is 0 Å². The molecule has 1 heterocycles. The van der Waals surface area contributed by atoms with Gasteiger partial charge in [-0.15, -0.1) is 0 Å². The highest BCUT2D eigenvalue weighted by atomic mass is 32.2. The zero-order valence-corrected chi connectivity index (χ0v) is 18.0. The third kappa shape index (κ3) is 5.92. The first-order chi connectivity index (χ1) is 13.4. The monoisotopic (exact) mass is 410 g/mol. The summed E-state index contributed by atoms with van der Waals surface area (Å²) in [4.78, 5) is 2.70. The number of hydrogen-bond acceptors (Lipinski definition) is 5. The number of hydrogen-bond donors (Lipinski definition) is 0. The van der Waals surface area contributed by atoms with E-state index >= 15 is 0 Å². The van der Waals surface area contributed by atoms with Crippen LogP contribution in [0.3, 0.4) is 0 Å². The van der Waals surface area contributed by atoms with Crippen LogP contribution in [0.4, 0.5) is 0 Å². The van der Waals surface area contributed by atoms with E-state index in [9.17, 15) is 8.42 Å². The maximum absolute atomic E-state index is 12.1. The maximum Gasteiger partial charge on any atom is 0.242 e. The second kappa shape index (κ2) is 10.1. The van der Waals surface area contributed by atoms with Crippen LogP contribution < -0.4 is 4.74 Å². The van der Waals surface area contributed by atoms with E-state index in [-0.39, 0.29) is 4.90 Å². The Balaban J connectivity index is 1.35. The molecule has 1 aliphatic carbocycles. The van der Waals surface area contributed by atoms with E-state index in [2.05, 4.69) is 4.90 Å². The van der Waals surface area contributed by atoms with E-state index in [1.54, 1.807) is 24.3 Å². The normalized spacial score (nSPS) is 20.5. The molecule has 0 amide bonds. The molecule has 28 heavy (non-hydrogen) atoms. The molecular formula is C21H34N2O4S. The second-order valence-corrected chi connectivity index (χ2v) is 10.2. The van der Waals surface area contributed by atoms with Crippen molar-refractivity contribution < 1.29 is 17.9 Å². The van der Waals surface area contributed by atoms with E-state index in [0.29, 0.717) is 24.6 Å². The number of piperidine rings is 1. The molecule has 0 unspecified atom stereocenters. The van der Waals surface area contributed by atoms with Gasteiger partial charge >= 0.3 is 0 Å². The van der Waals surface area contributed by atoms with Gasteiger partial charge in [0.2, 0.25) is 10.0 Å². The van der Waals surface area contributed by atoms with Crippen LogP contribution in [0.25, 0.3) is 0 Å². The molecule has 1 saturated carbocycles. The largest absolute Gasteiger partial charge is 0.492 e. The number of likely N-dealkylation sites (tertiary alicyclic amines) is 1. The smallest absolute Gasteiger partial charge is 0.242 e. The van der Waals surface area contributed by atoms with Gasteiger partial charge in [-0.25, -0.2) is 12.7 Å². The number of ether oxygens (including phenoxy) is 2. The summed E-state index contributed by atoms with van der Waals surface area (Å²) >= 11 is 0. The highest BCUT2D eigenvalue weighted by molar-refractivity contribution is 7.89. The third-order valence-electron chi connectivity index (χ3n) is 5.75. The lowest BCUT2D eigenvalue weighted by Gasteiger charge is -2.34. The summed E-state index contributed by atoms with van der Waals surface area (Å²) in [6.45, 7) is 3.60. The molecule has 1 saturated heterocycles. The fraction of sp³-hybridized carbons (Fsp3) is 0.714. The number of sulfonamides is 1. The van der Waals surface area contributed by atoms with Crippen LogP contribution in [0.2, 0.25) is 0 Å². The quantitative estimate of drug-likeness (QED) is 0.659. The molecule has 158 valence electrons. The summed E-state index contributed by atoms with van der Waals surface area (Å²) in [6.07, 6.45) is 9.62. The fourth-order valence-corrected chi connectivity index (χ4v) is 4.86. The first-order valence-corrected chi connectivity index (χ1v) is 11.9. The minimum absolute atomic E-state index is 0.282. The zero-order valence-electron chi connectivity index (χ0n) is 17.2. The molecular weight excluding hydrogens is 376 g/mol. The average Bonchev–Trinajstić information content (AvgIpc) is 2.70. The van der Waals surface area contributed by atoms with E-state index in [1.165, 1.54) is 50.5 Å². The summed E-state index contributed by atoms with van der Waals surface area (Å²) in [5.74, 6) is 0.702. The number of nitrogens with zero attached hydrogens (tertiary/aromatic N) is 2. The SMILES string of the molecule is CN(C)S(=O)(=O)c1ccc(OCCN2CCC(OC3CCCCC3)CC2)cc1. The first-order valence-electron chi connectivity index (χ1n) is 10.5. The molecule has 2 fully saturated rings. The van der Waals surface area contributed by atoms with Crippen molar-refractivity contribution in [1.82, 2.24) is 9.21 Å². The predicted octanol–water partition coefficient (Wildman–Crippen LogP) is 3.13. The summed E-state index contributed by atoms with van der Waals surface area (Å²) in [6, 6.07) is 6.64. The molecule has 0 radical (unpaired) electrons. The van der Waals surface area contributed by atoms with Crippen LogP contribution in [-0.4, -0.2) is 70.2 Å². The molecule has 6 nitrogen and oxygen atoms in total. The van der Waals surface area contributed by atoms with Gasteiger partial charge in [0, 0.05) is 33.7 Å². The van der Waals surface area contributed by atoms with Crippen molar-refractivity contribution in [2.45, 2.75) is 62.0 Å². The molecule has 7 heteroatoms. The molecule has 0 N–H and O–H groups in total. The molecule has 3 rings (SSSR count). The van der Waals surface area contributed by atoms with Gasteiger partial charge in [0.1, 0.15) is 12.4 Å². The Hall–Kier alpha value is -1.15. The summed E-state index contributed by atoms with van der Waals surface area (Å²) < 4.78 is 37.5. The van der Waals surface area contributed by atoms with Crippen molar-refractivity contribution in [1.29, 1.82) is 0 Å². The lowest BCUT2D eigenvalue weighted by molar-refractivity contribution is -0.0564. The Morgan fingerprint density at radius 2 is 1.57 bits per heavy atom. The molecule has 0 atom stereocenters. The Morgan fingerprint density at radius 1 is 0.964 bits per heavy atom. The van der Waals surface area contributed by atoms with Crippen LogP contribution in [-0.2, 0) is 14.8 Å². The van der Waals surface area contributed by atoms with Crippen LogP contribution in [0.1, 0.15) is 44.9 Å². The van der Waals surface area contributed by atoms with E-state index in [1.807, 2.05) is 0 Å². The topological polar surface area (TPSA) is 59.1 Å². The van der Waals surface area contributed by atoms with Crippen molar-refractivity contribution in [3.8, 4) is 5.75 Å². The van der Waals surface area contributed by atoms with Gasteiger partial charge in [-0.1, -0.05) is 19.3 Å². The number of benzene rings is 1. The minimum atomic E-state index is -3.39. The minimum Gasteiger partial charge on any atom is -0.492 e. The van der Waals surface area contributed by atoms with Crippen LogP contribution >= 0.6 is 0 Å². The van der Waals surface area contributed by atoms with Gasteiger partial charge in [-0.3, -0.25) is 4.90 Å². The van der Waals surface area contributed by atoms with Crippen LogP contribution in [0.5, 0.6) is 5.75 Å². The van der Waals surface area contributed by atoms with Crippen molar-refractivity contribution >= 4 is 10.0 Å². The molecule has 1 aliphatic heterocycles. The summed E-state index contributed by atoms with van der Waals surface area (Å²) in [7, 11) is -0.328. The first kappa shape index (κ1) is 21.6. The van der Waals surface area contributed by atoms with E-state index in [0.717, 1.165) is 32.5 Å². The van der Waals surface area contributed by atoms with Crippen molar-refractivity contribution in [3.05, 3.63) is 24.3 Å². The van der Waals surface area contributed by atoms with Gasteiger partial charge in [0.25, 0.3) is 0 Å². The Bertz CT molecular complexity index is 692. The molecule has 0 aromatic heterocycles. The van der Waals surface area contributed by atoms with Crippen LogP contribution in [0, 0.1) is 0 Å². The zero-order chi connectivity index (χ0) is 20.0. The Morgan fingerprint density at radius 3 is 2.18 bits per heavy atom. The average molecular weight is 411 g/mol. The molecule has 2 aliphatic rings. The fourth-order valence-electron chi connectivity index (χ4n) is 3.95. The maximum atomic E-state index is 12.1. The summed E-state index contributed by atoms with van der Waals surface area (Å²) in [5, 5.41) is 0. The lowest BCUT2D eigenvalue weighted by Crippen LogP contribution is -2.40. The second-order valence-electron chi connectivity index (χ2n) is 8.04. The standard InChI is InChI=1S/C21H34N2O4S/c1-22(2)28(24,25)21-10-8-18(9-11-21)26-17-16-23-14-12-20(13-15-23)27-19-6-4-3-5-7-19/h8-11,19-20H,3-7,12-17H2,1-2H3. The predicted molar refractivity (Wildman–Crippen MR) is 110 cm³/mol. The van der Waals surface area contributed by atoms with Gasteiger partial charge in [0.05, 0.1) is 17.1 Å². The van der Waals surface area contributed by atoms with E-state index in [4.69, 9.17) is 9.47 Å². The molecule has 1 aromatic rings. The Kier molecular flexibility index (Phi) is 7.74. The molecule has 1 aromatic carbocycles.